The van der Waals surface area contributed by atoms with Gasteiger partial charge in [0.15, 0.2) is 0 Å². The zero-order chi connectivity index (χ0) is 14.8. The quantitative estimate of drug-likeness (QED) is 0.634. The predicted molar refractivity (Wildman–Crippen MR) is 87.2 cm³/mol. The number of para-hydroxylation sites is 1. The summed E-state index contributed by atoms with van der Waals surface area (Å²) >= 11 is 6.66. The van der Waals surface area contributed by atoms with E-state index < -0.39 is 0 Å². The van der Waals surface area contributed by atoms with Crippen molar-refractivity contribution in [3.05, 3.63) is 83.2 Å². The molecule has 0 N–H and O–H groups in total. The average Bonchev–Trinajstić information content (AvgIpc) is 3.00. The summed E-state index contributed by atoms with van der Waals surface area (Å²) in [6, 6.07) is 16.3. The maximum atomic E-state index is 6.66. The molecule has 21 heavy (non-hydrogen) atoms. The summed E-state index contributed by atoms with van der Waals surface area (Å²) in [6.07, 6.45) is 3.83. The molecule has 3 aromatic rings. The molecule has 3 heteroatoms. The van der Waals surface area contributed by atoms with Gasteiger partial charge in [-0.2, -0.15) is 5.10 Å². The van der Waals surface area contributed by atoms with Crippen LogP contribution in [0.15, 0.2) is 60.9 Å². The molecule has 0 aliphatic rings. The number of rotatable bonds is 3. The third-order valence-corrected chi connectivity index (χ3v) is 4.32. The molecule has 0 amide bonds. The normalized spacial score (nSPS) is 12.3. The fourth-order valence-electron chi connectivity index (χ4n) is 2.42. The van der Waals surface area contributed by atoms with Crippen LogP contribution in [0.4, 0.5) is 0 Å². The van der Waals surface area contributed by atoms with E-state index in [1.807, 2.05) is 47.4 Å². The van der Waals surface area contributed by atoms with Crippen molar-refractivity contribution in [1.29, 1.82) is 0 Å². The Morgan fingerprint density at radius 2 is 1.76 bits per heavy atom. The minimum absolute atomic E-state index is 0.178. The van der Waals surface area contributed by atoms with Gasteiger partial charge in [-0.25, -0.2) is 4.68 Å². The minimum Gasteiger partial charge on any atom is -0.241 e. The van der Waals surface area contributed by atoms with Gasteiger partial charge in [0.2, 0.25) is 0 Å². The van der Waals surface area contributed by atoms with E-state index in [-0.39, 0.29) is 5.38 Å². The smallest absolute Gasteiger partial charge is 0.0868 e. The molecule has 2 nitrogen and oxygen atoms in total. The van der Waals surface area contributed by atoms with Crippen LogP contribution in [0.25, 0.3) is 5.69 Å². The maximum Gasteiger partial charge on any atom is 0.0868 e. The lowest BCUT2D eigenvalue weighted by molar-refractivity contribution is 0.880. The van der Waals surface area contributed by atoms with Crippen molar-refractivity contribution in [3.63, 3.8) is 0 Å². The zero-order valence-corrected chi connectivity index (χ0v) is 12.9. The van der Waals surface area contributed by atoms with E-state index in [1.54, 1.807) is 0 Å². The molecule has 106 valence electrons. The average molecular weight is 297 g/mol. The van der Waals surface area contributed by atoms with Crippen LogP contribution in [0, 0.1) is 13.8 Å². The molecule has 0 bridgehead atoms. The molecule has 1 atom stereocenters. The molecule has 0 spiro atoms. The number of aromatic nitrogens is 2. The number of hydrogen-bond acceptors (Lipinski definition) is 1. The standard InChI is InChI=1S/C18H17ClN2/c1-13-7-6-10-17(14(13)2)18(19)15-11-20-21(12-15)16-8-4-3-5-9-16/h3-12,18H,1-2H3. The molecule has 0 aliphatic heterocycles. The SMILES string of the molecule is Cc1cccc(C(Cl)c2cnn(-c3ccccc3)c2)c1C. The van der Waals surface area contributed by atoms with Gasteiger partial charge in [0.1, 0.15) is 0 Å². The zero-order valence-electron chi connectivity index (χ0n) is 12.1. The molecule has 1 heterocycles. The first-order chi connectivity index (χ1) is 10.2. The van der Waals surface area contributed by atoms with E-state index in [2.05, 4.69) is 37.1 Å². The van der Waals surface area contributed by atoms with Gasteiger partial charge in [-0.3, -0.25) is 0 Å². The molecule has 0 saturated carbocycles. The van der Waals surface area contributed by atoms with Gasteiger partial charge in [-0.05, 0) is 42.7 Å². The Morgan fingerprint density at radius 1 is 1.00 bits per heavy atom. The Kier molecular flexibility index (Phi) is 3.80. The highest BCUT2D eigenvalue weighted by atomic mass is 35.5. The Hall–Kier alpha value is -2.06. The molecular weight excluding hydrogens is 280 g/mol. The first-order valence-electron chi connectivity index (χ1n) is 6.97. The van der Waals surface area contributed by atoms with Gasteiger partial charge < -0.3 is 0 Å². The van der Waals surface area contributed by atoms with Crippen molar-refractivity contribution in [2.24, 2.45) is 0 Å². The number of halogens is 1. The summed E-state index contributed by atoms with van der Waals surface area (Å²) in [5, 5.41) is 4.24. The first-order valence-corrected chi connectivity index (χ1v) is 7.40. The fraction of sp³-hybridized carbons (Fsp3) is 0.167. The van der Waals surface area contributed by atoms with Gasteiger partial charge in [-0.1, -0.05) is 36.4 Å². The second-order valence-electron chi connectivity index (χ2n) is 5.21. The third-order valence-electron chi connectivity index (χ3n) is 3.84. The molecule has 0 radical (unpaired) electrons. The fourth-order valence-corrected chi connectivity index (χ4v) is 2.77. The maximum absolute atomic E-state index is 6.66. The molecule has 1 aromatic heterocycles. The number of benzene rings is 2. The summed E-state index contributed by atoms with van der Waals surface area (Å²) in [5.74, 6) is 0. The highest BCUT2D eigenvalue weighted by Crippen LogP contribution is 2.32. The van der Waals surface area contributed by atoms with E-state index in [9.17, 15) is 0 Å². The van der Waals surface area contributed by atoms with Crippen molar-refractivity contribution in [1.82, 2.24) is 9.78 Å². The Balaban J connectivity index is 1.95. The first kappa shape index (κ1) is 13.9. The van der Waals surface area contributed by atoms with Crippen LogP contribution < -0.4 is 0 Å². The Morgan fingerprint density at radius 3 is 2.52 bits per heavy atom. The number of hydrogen-bond donors (Lipinski definition) is 0. The van der Waals surface area contributed by atoms with Gasteiger partial charge in [-0.15, -0.1) is 11.6 Å². The van der Waals surface area contributed by atoms with Crippen LogP contribution in [0.3, 0.4) is 0 Å². The van der Waals surface area contributed by atoms with Gasteiger partial charge in [0.25, 0.3) is 0 Å². The highest BCUT2D eigenvalue weighted by Gasteiger charge is 2.16. The molecule has 0 saturated heterocycles. The molecule has 3 rings (SSSR count). The predicted octanol–water partition coefficient (Wildman–Crippen LogP) is 4.82. The summed E-state index contributed by atoms with van der Waals surface area (Å²) < 4.78 is 1.86. The number of aryl methyl sites for hydroxylation is 1. The lowest BCUT2D eigenvalue weighted by Gasteiger charge is -2.13. The van der Waals surface area contributed by atoms with Gasteiger partial charge in [0.05, 0.1) is 17.3 Å². The molecule has 0 aliphatic carbocycles. The number of alkyl halides is 1. The van der Waals surface area contributed by atoms with Crippen LogP contribution in [-0.2, 0) is 0 Å². The second-order valence-corrected chi connectivity index (χ2v) is 5.64. The van der Waals surface area contributed by atoms with Gasteiger partial charge in [0, 0.05) is 11.8 Å². The lowest BCUT2D eigenvalue weighted by atomic mass is 9.98. The molecule has 0 fully saturated rings. The molecular formula is C18H17ClN2. The van der Waals surface area contributed by atoms with E-state index in [0.29, 0.717) is 0 Å². The van der Waals surface area contributed by atoms with Crippen molar-refractivity contribution in [2.45, 2.75) is 19.2 Å². The van der Waals surface area contributed by atoms with Crippen molar-refractivity contribution in [3.8, 4) is 5.69 Å². The molecule has 1 unspecified atom stereocenters. The van der Waals surface area contributed by atoms with Crippen LogP contribution in [0.2, 0.25) is 0 Å². The van der Waals surface area contributed by atoms with E-state index >= 15 is 0 Å². The van der Waals surface area contributed by atoms with E-state index in [4.69, 9.17) is 11.6 Å². The third kappa shape index (κ3) is 2.72. The van der Waals surface area contributed by atoms with Crippen molar-refractivity contribution in [2.75, 3.05) is 0 Å². The molecule has 2 aromatic carbocycles. The lowest BCUT2D eigenvalue weighted by Crippen LogP contribution is -1.97. The number of nitrogens with zero attached hydrogens (tertiary/aromatic N) is 2. The summed E-state index contributed by atoms with van der Waals surface area (Å²) in [4.78, 5) is 0. The summed E-state index contributed by atoms with van der Waals surface area (Å²) in [5.41, 5.74) is 5.69. The monoisotopic (exact) mass is 296 g/mol. The van der Waals surface area contributed by atoms with E-state index in [1.165, 1.54) is 11.1 Å². The van der Waals surface area contributed by atoms with Crippen LogP contribution in [0.5, 0.6) is 0 Å². The largest absolute Gasteiger partial charge is 0.241 e. The minimum atomic E-state index is -0.178. The Bertz CT molecular complexity index is 747. The van der Waals surface area contributed by atoms with Crippen LogP contribution in [0.1, 0.15) is 27.6 Å². The van der Waals surface area contributed by atoms with Crippen molar-refractivity contribution < 1.29 is 0 Å². The van der Waals surface area contributed by atoms with Crippen LogP contribution in [-0.4, -0.2) is 9.78 Å². The van der Waals surface area contributed by atoms with Crippen LogP contribution >= 0.6 is 11.6 Å². The summed E-state index contributed by atoms with van der Waals surface area (Å²) in [6.45, 7) is 4.22. The van der Waals surface area contributed by atoms with Gasteiger partial charge >= 0.3 is 0 Å². The van der Waals surface area contributed by atoms with Crippen molar-refractivity contribution >= 4 is 11.6 Å². The summed E-state index contributed by atoms with van der Waals surface area (Å²) in [7, 11) is 0. The highest BCUT2D eigenvalue weighted by molar-refractivity contribution is 6.22. The topological polar surface area (TPSA) is 17.8 Å². The second kappa shape index (κ2) is 5.74. The van der Waals surface area contributed by atoms with E-state index in [0.717, 1.165) is 16.8 Å². The Labute approximate surface area is 130 Å².